The molecule has 3 heterocycles. The van der Waals surface area contributed by atoms with E-state index in [4.69, 9.17) is 15.7 Å². The van der Waals surface area contributed by atoms with Gasteiger partial charge in [0, 0.05) is 24.3 Å². The van der Waals surface area contributed by atoms with Crippen molar-refractivity contribution in [3.63, 3.8) is 0 Å². The molecule has 3 aromatic rings. The second-order valence-corrected chi connectivity index (χ2v) is 8.57. The van der Waals surface area contributed by atoms with Gasteiger partial charge >= 0.3 is 6.09 Å². The highest BCUT2D eigenvalue weighted by molar-refractivity contribution is 6.00. The minimum Gasteiger partial charge on any atom is -0.446 e. The van der Waals surface area contributed by atoms with Gasteiger partial charge in [-0.05, 0) is 45.6 Å². The predicted molar refractivity (Wildman–Crippen MR) is 124 cm³/mol. The van der Waals surface area contributed by atoms with Crippen LogP contribution in [0.1, 0.15) is 55.5 Å². The van der Waals surface area contributed by atoms with Gasteiger partial charge in [-0.15, -0.1) is 0 Å². The van der Waals surface area contributed by atoms with Crippen LogP contribution < -0.4 is 16.4 Å². The Hall–Kier alpha value is -4.20. The minimum absolute atomic E-state index is 0.0240. The summed E-state index contributed by atoms with van der Waals surface area (Å²) < 4.78 is 6.67. The third-order valence-electron chi connectivity index (χ3n) is 5.64. The number of imidazole rings is 1. The molecular weight excluding hydrogens is 436 g/mol. The zero-order chi connectivity index (χ0) is 24.2. The lowest BCUT2D eigenvalue weighted by atomic mass is 9.92. The van der Waals surface area contributed by atoms with Crippen LogP contribution in [0.25, 0.3) is 17.0 Å². The second kappa shape index (κ2) is 9.74. The maximum Gasteiger partial charge on any atom is 0.404 e. The molecule has 11 heteroatoms. The maximum atomic E-state index is 13.1. The molecule has 0 saturated heterocycles. The second-order valence-electron chi connectivity index (χ2n) is 8.57. The Kier molecular flexibility index (Phi) is 6.58. The van der Waals surface area contributed by atoms with Gasteiger partial charge in [-0.2, -0.15) is 10.4 Å². The number of carbonyl (C=O) groups is 2. The van der Waals surface area contributed by atoms with E-state index in [2.05, 4.69) is 25.7 Å². The number of nitrogens with zero attached hydrogens (tertiary/aromatic N) is 5. The summed E-state index contributed by atoms with van der Waals surface area (Å²) in [5, 5.41) is 19.8. The molecule has 0 radical (unpaired) electrons. The number of nitrogens with two attached hydrogens (primary N) is 1. The first-order valence-corrected chi connectivity index (χ1v) is 11.1. The van der Waals surface area contributed by atoms with Crippen LogP contribution in [0.2, 0.25) is 0 Å². The number of carbonyl (C=O) groups excluding carboxylic acids is 2. The van der Waals surface area contributed by atoms with Crippen LogP contribution in [0.3, 0.4) is 0 Å². The van der Waals surface area contributed by atoms with Gasteiger partial charge in [-0.25, -0.2) is 14.3 Å². The monoisotopic (exact) mass is 462 g/mol. The lowest BCUT2D eigenvalue weighted by Crippen LogP contribution is -2.40. The molecule has 2 amide bonds. The fourth-order valence-corrected chi connectivity index (χ4v) is 4.07. The molecule has 3 aromatic heterocycles. The molecule has 0 aliphatic heterocycles. The molecule has 0 bridgehead atoms. The summed E-state index contributed by atoms with van der Waals surface area (Å²) in [6.45, 7) is 3.97. The van der Waals surface area contributed by atoms with Crippen molar-refractivity contribution >= 4 is 23.3 Å². The van der Waals surface area contributed by atoms with E-state index in [0.717, 1.165) is 0 Å². The van der Waals surface area contributed by atoms with Crippen molar-refractivity contribution < 1.29 is 14.3 Å². The number of hydrogen-bond donors (Lipinski definition) is 3. The Balaban J connectivity index is 1.55. The number of nitrogens with one attached hydrogen (secondary N) is 2. The van der Waals surface area contributed by atoms with Gasteiger partial charge in [0.1, 0.15) is 17.9 Å². The molecule has 4 rings (SSSR count). The van der Waals surface area contributed by atoms with Crippen LogP contribution in [-0.4, -0.2) is 49.8 Å². The summed E-state index contributed by atoms with van der Waals surface area (Å²) in [6.07, 6.45) is 6.37. The van der Waals surface area contributed by atoms with Gasteiger partial charge in [0.2, 0.25) is 0 Å². The van der Waals surface area contributed by atoms with Crippen LogP contribution in [0.4, 0.5) is 10.5 Å². The van der Waals surface area contributed by atoms with Crippen LogP contribution in [0.15, 0.2) is 30.7 Å². The Morgan fingerprint density at radius 1 is 1.18 bits per heavy atom. The van der Waals surface area contributed by atoms with E-state index in [0.29, 0.717) is 59.5 Å². The van der Waals surface area contributed by atoms with E-state index in [-0.39, 0.29) is 24.1 Å². The molecule has 4 N–H and O–H groups in total. The van der Waals surface area contributed by atoms with E-state index in [1.54, 1.807) is 29.0 Å². The largest absolute Gasteiger partial charge is 0.446 e. The Bertz CT molecular complexity index is 1250. The number of hydrogen-bond acceptors (Lipinski definition) is 8. The highest BCUT2D eigenvalue weighted by atomic mass is 16.6. The number of pyridine rings is 1. The zero-order valence-electron chi connectivity index (χ0n) is 19.0. The van der Waals surface area contributed by atoms with E-state index in [1.807, 2.05) is 19.9 Å². The fraction of sp³-hybridized carbons (Fsp3) is 0.391. The Morgan fingerprint density at radius 2 is 1.94 bits per heavy atom. The number of fused-ring (bicyclic) bond motifs is 1. The first-order valence-electron chi connectivity index (χ1n) is 11.1. The topological polar surface area (TPSA) is 160 Å². The van der Waals surface area contributed by atoms with Crippen molar-refractivity contribution in [2.24, 2.45) is 5.73 Å². The van der Waals surface area contributed by atoms with Crippen molar-refractivity contribution in [3.8, 4) is 17.5 Å². The van der Waals surface area contributed by atoms with Gasteiger partial charge in [0.15, 0.2) is 5.65 Å². The Labute approximate surface area is 196 Å². The molecule has 1 saturated carbocycles. The van der Waals surface area contributed by atoms with Crippen LogP contribution in [-0.2, 0) is 4.74 Å². The minimum atomic E-state index is -0.769. The van der Waals surface area contributed by atoms with E-state index in [9.17, 15) is 9.59 Å². The van der Waals surface area contributed by atoms with E-state index >= 15 is 0 Å². The van der Waals surface area contributed by atoms with E-state index < -0.39 is 6.09 Å². The smallest absolute Gasteiger partial charge is 0.404 e. The highest BCUT2D eigenvalue weighted by Crippen LogP contribution is 2.26. The third-order valence-corrected chi connectivity index (χ3v) is 5.64. The number of aromatic nitrogens is 4. The average Bonchev–Trinajstić information content (AvgIpc) is 3.22. The molecule has 176 valence electrons. The summed E-state index contributed by atoms with van der Waals surface area (Å²) in [4.78, 5) is 32.9. The molecule has 0 unspecified atom stereocenters. The third kappa shape index (κ3) is 5.06. The fourth-order valence-electron chi connectivity index (χ4n) is 4.07. The SMILES string of the molecule is CC(C)Nc1cc(-c2cnc3cc(C#N)cnn23)ncc1C(=O)NC1CCC(OC(N)=O)CC1. The molecule has 0 spiro atoms. The van der Waals surface area contributed by atoms with Gasteiger partial charge < -0.3 is 21.1 Å². The number of ether oxygens (including phenoxy) is 1. The molecule has 0 aromatic carbocycles. The lowest BCUT2D eigenvalue weighted by molar-refractivity contribution is 0.0711. The summed E-state index contributed by atoms with van der Waals surface area (Å²) in [7, 11) is 0. The summed E-state index contributed by atoms with van der Waals surface area (Å²) in [5.41, 5.74) is 8.36. The summed E-state index contributed by atoms with van der Waals surface area (Å²) in [6, 6.07) is 5.56. The average molecular weight is 463 g/mol. The Morgan fingerprint density at radius 3 is 2.62 bits per heavy atom. The van der Waals surface area contributed by atoms with Gasteiger partial charge in [-0.3, -0.25) is 9.78 Å². The van der Waals surface area contributed by atoms with Crippen LogP contribution in [0.5, 0.6) is 0 Å². The summed E-state index contributed by atoms with van der Waals surface area (Å²) >= 11 is 0. The predicted octanol–water partition coefficient (Wildman–Crippen LogP) is 2.62. The molecule has 1 aliphatic carbocycles. The quantitative estimate of drug-likeness (QED) is 0.504. The number of primary amides is 1. The van der Waals surface area contributed by atoms with Crippen molar-refractivity contribution in [2.45, 2.75) is 57.7 Å². The summed E-state index contributed by atoms with van der Waals surface area (Å²) in [5.74, 6) is -0.226. The van der Waals surface area contributed by atoms with Crippen molar-refractivity contribution in [2.75, 3.05) is 5.32 Å². The van der Waals surface area contributed by atoms with Crippen LogP contribution >= 0.6 is 0 Å². The van der Waals surface area contributed by atoms with Gasteiger partial charge in [-0.1, -0.05) is 0 Å². The molecule has 0 atom stereocenters. The first kappa shape index (κ1) is 23.0. The number of amides is 2. The highest BCUT2D eigenvalue weighted by Gasteiger charge is 2.26. The number of nitriles is 1. The molecular formula is C23H26N8O3. The van der Waals surface area contributed by atoms with Gasteiger partial charge in [0.25, 0.3) is 5.91 Å². The zero-order valence-corrected chi connectivity index (χ0v) is 19.0. The molecule has 11 nitrogen and oxygen atoms in total. The van der Waals surface area contributed by atoms with E-state index in [1.165, 1.54) is 6.20 Å². The van der Waals surface area contributed by atoms with Crippen molar-refractivity contribution in [1.82, 2.24) is 24.9 Å². The standard InChI is InChI=1S/C23H26N8O3/c1-13(2)29-18-8-19(20-12-27-21-7-14(9-24)10-28-31(20)21)26-11-17(18)22(32)30-15-3-5-16(6-4-15)34-23(25)33/h7-8,10-13,15-16H,3-6H2,1-2H3,(H2,25,33)(H,26,29)(H,30,32). The number of rotatable bonds is 6. The van der Waals surface area contributed by atoms with Crippen molar-refractivity contribution in [3.05, 3.63) is 41.9 Å². The molecule has 34 heavy (non-hydrogen) atoms. The van der Waals surface area contributed by atoms with Crippen molar-refractivity contribution in [1.29, 1.82) is 5.26 Å². The normalized spacial score (nSPS) is 17.8. The molecule has 1 aliphatic rings. The van der Waals surface area contributed by atoms with Gasteiger partial charge in [0.05, 0.1) is 34.9 Å². The van der Waals surface area contributed by atoms with Crippen LogP contribution in [0, 0.1) is 11.3 Å². The lowest BCUT2D eigenvalue weighted by Gasteiger charge is -2.28. The molecule has 1 fully saturated rings. The maximum absolute atomic E-state index is 13.1. The first-order chi connectivity index (χ1) is 16.3. The number of anilines is 1.